The molecule has 6 nitrogen and oxygen atoms in total. The summed E-state index contributed by atoms with van der Waals surface area (Å²) in [5.74, 6) is 2.31. The van der Waals surface area contributed by atoms with Gasteiger partial charge in [-0.1, -0.05) is 30.3 Å². The van der Waals surface area contributed by atoms with Gasteiger partial charge in [-0.05, 0) is 42.3 Å². The van der Waals surface area contributed by atoms with E-state index < -0.39 is 0 Å². The van der Waals surface area contributed by atoms with E-state index in [1.165, 1.54) is 4.90 Å². The third-order valence-electron chi connectivity index (χ3n) is 6.53. The molecule has 1 aromatic heterocycles. The Balaban J connectivity index is 1.48. The van der Waals surface area contributed by atoms with Crippen molar-refractivity contribution in [2.24, 2.45) is 0 Å². The average molecular weight is 459 g/mol. The first-order chi connectivity index (χ1) is 16.6. The number of ether oxygens (including phenoxy) is 3. The Kier molecular flexibility index (Phi) is 5.99. The van der Waals surface area contributed by atoms with Crippen LogP contribution in [0.3, 0.4) is 0 Å². The first kappa shape index (κ1) is 22.0. The van der Waals surface area contributed by atoms with Gasteiger partial charge < -0.3 is 18.6 Å². The smallest absolute Gasteiger partial charge is 0.340 e. The lowest BCUT2D eigenvalue weighted by Crippen LogP contribution is -3.10. The normalized spacial score (nSPS) is 15.0. The summed E-state index contributed by atoms with van der Waals surface area (Å²) >= 11 is 0. The van der Waals surface area contributed by atoms with E-state index in [0.717, 1.165) is 44.9 Å². The molecule has 1 aliphatic rings. The number of methoxy groups -OCH3 is 2. The fourth-order valence-corrected chi connectivity index (χ4v) is 4.66. The summed E-state index contributed by atoms with van der Waals surface area (Å²) in [6, 6.07) is 19.8. The van der Waals surface area contributed by atoms with Crippen LogP contribution < -0.4 is 24.7 Å². The van der Waals surface area contributed by atoms with E-state index in [4.69, 9.17) is 18.6 Å². The van der Waals surface area contributed by atoms with Gasteiger partial charge in [0.1, 0.15) is 30.3 Å². The first-order valence-corrected chi connectivity index (χ1v) is 11.4. The Labute approximate surface area is 198 Å². The fourth-order valence-electron chi connectivity index (χ4n) is 4.66. The molecule has 0 spiro atoms. The molecule has 1 atom stereocenters. The van der Waals surface area contributed by atoms with Gasteiger partial charge in [-0.25, -0.2) is 4.79 Å². The zero-order valence-electron chi connectivity index (χ0n) is 19.6. The third-order valence-corrected chi connectivity index (χ3v) is 6.53. The number of hydrogen-bond donors (Lipinski definition) is 1. The number of quaternary nitrogens is 1. The fraction of sp³-hybridized carbons (Fsp3) is 0.250. The Morgan fingerprint density at radius 3 is 2.59 bits per heavy atom. The van der Waals surface area contributed by atoms with Crippen molar-refractivity contribution in [1.82, 2.24) is 0 Å². The van der Waals surface area contributed by atoms with Crippen molar-refractivity contribution in [2.45, 2.75) is 26.4 Å². The van der Waals surface area contributed by atoms with Gasteiger partial charge >= 0.3 is 5.63 Å². The van der Waals surface area contributed by atoms with Crippen molar-refractivity contribution in [3.05, 3.63) is 98.9 Å². The predicted octanol–water partition coefficient (Wildman–Crippen LogP) is 3.64. The van der Waals surface area contributed by atoms with Crippen LogP contribution in [-0.4, -0.2) is 21.0 Å². The van der Waals surface area contributed by atoms with E-state index in [9.17, 15) is 4.79 Å². The van der Waals surface area contributed by atoms with Crippen LogP contribution in [0.15, 0.2) is 69.9 Å². The van der Waals surface area contributed by atoms with E-state index in [1.807, 2.05) is 67.6 Å². The lowest BCUT2D eigenvalue weighted by atomic mass is 9.97. The molecule has 6 heteroatoms. The second-order valence-corrected chi connectivity index (χ2v) is 8.64. The molecule has 2 heterocycles. The molecule has 0 saturated heterocycles. The predicted molar refractivity (Wildman–Crippen MR) is 130 cm³/mol. The van der Waals surface area contributed by atoms with Gasteiger partial charge in [-0.2, -0.15) is 0 Å². The zero-order chi connectivity index (χ0) is 23.7. The van der Waals surface area contributed by atoms with Crippen LogP contribution in [0.5, 0.6) is 17.2 Å². The molecule has 34 heavy (non-hydrogen) atoms. The largest absolute Gasteiger partial charge is 0.497 e. The minimum Gasteiger partial charge on any atom is -0.497 e. The van der Waals surface area contributed by atoms with Crippen LogP contribution in [0, 0.1) is 6.92 Å². The van der Waals surface area contributed by atoms with Gasteiger partial charge in [0, 0.05) is 29.0 Å². The topological polar surface area (TPSA) is 62.3 Å². The molecule has 0 aliphatic carbocycles. The number of hydrogen-bond acceptors (Lipinski definition) is 5. The average Bonchev–Trinajstić information content (AvgIpc) is 2.87. The highest BCUT2D eigenvalue weighted by molar-refractivity contribution is 5.86. The molecule has 1 N–H and O–H groups in total. The summed E-state index contributed by atoms with van der Waals surface area (Å²) in [4.78, 5) is 14.2. The maximum absolute atomic E-state index is 13.0. The van der Waals surface area contributed by atoms with E-state index in [2.05, 4.69) is 0 Å². The minimum absolute atomic E-state index is 0.286. The van der Waals surface area contributed by atoms with E-state index >= 15 is 0 Å². The van der Waals surface area contributed by atoms with Gasteiger partial charge in [-0.15, -0.1) is 0 Å². The number of fused-ring (bicyclic) bond motifs is 3. The van der Waals surface area contributed by atoms with Crippen LogP contribution in [0.25, 0.3) is 11.0 Å². The van der Waals surface area contributed by atoms with Crippen LogP contribution >= 0.6 is 0 Å². The molecule has 4 aromatic rings. The summed E-state index contributed by atoms with van der Waals surface area (Å²) < 4.78 is 22.9. The number of aryl methyl sites for hydroxylation is 1. The van der Waals surface area contributed by atoms with E-state index in [-0.39, 0.29) is 5.63 Å². The first-order valence-electron chi connectivity index (χ1n) is 11.4. The summed E-state index contributed by atoms with van der Waals surface area (Å²) in [6.45, 7) is 3.91. The molecular weight excluding hydrogens is 430 g/mol. The monoisotopic (exact) mass is 458 g/mol. The summed E-state index contributed by atoms with van der Waals surface area (Å²) in [5, 5.41) is 0.955. The highest BCUT2D eigenvalue weighted by Crippen LogP contribution is 2.31. The second-order valence-electron chi connectivity index (χ2n) is 8.64. The van der Waals surface area contributed by atoms with Gasteiger partial charge in [0.15, 0.2) is 5.58 Å². The van der Waals surface area contributed by atoms with Gasteiger partial charge in [0.05, 0.1) is 19.8 Å². The van der Waals surface area contributed by atoms with Crippen molar-refractivity contribution in [3.8, 4) is 17.2 Å². The standard InChI is InChI=1S/C28H27NO5/c1-18-22-11-12-25-24(27(22)34-28(30)23(18)13-19-7-5-4-6-8-19)16-29(17-33-25)15-20-9-10-21(31-2)14-26(20)32-3/h4-12,14H,13,15-17H2,1-3H3/p+1. The van der Waals surface area contributed by atoms with Crippen molar-refractivity contribution >= 4 is 11.0 Å². The number of rotatable bonds is 6. The second kappa shape index (κ2) is 9.23. The number of benzene rings is 3. The molecular formula is C28H28NO5+. The Morgan fingerprint density at radius 2 is 1.82 bits per heavy atom. The molecule has 3 aromatic carbocycles. The van der Waals surface area contributed by atoms with Crippen LogP contribution in [-0.2, 0) is 19.5 Å². The Bertz CT molecular complexity index is 1390. The lowest BCUT2D eigenvalue weighted by Gasteiger charge is -2.27. The van der Waals surface area contributed by atoms with Crippen LogP contribution in [0.4, 0.5) is 0 Å². The van der Waals surface area contributed by atoms with Gasteiger partial charge in [0.2, 0.25) is 6.73 Å². The SMILES string of the molecule is COc1ccc(C[NH+]2COc3ccc4c(C)c(Cc5ccccc5)c(=O)oc4c3C2)c(OC)c1. The summed E-state index contributed by atoms with van der Waals surface area (Å²) in [7, 11) is 3.30. The van der Waals surface area contributed by atoms with Crippen LogP contribution in [0.2, 0.25) is 0 Å². The molecule has 0 fully saturated rings. The maximum atomic E-state index is 13.0. The lowest BCUT2D eigenvalue weighted by molar-refractivity contribution is -0.945. The van der Waals surface area contributed by atoms with Crippen LogP contribution in [0.1, 0.15) is 27.8 Å². The molecule has 0 bridgehead atoms. The van der Waals surface area contributed by atoms with Crippen molar-refractivity contribution in [1.29, 1.82) is 0 Å². The van der Waals surface area contributed by atoms with Gasteiger partial charge in [0.25, 0.3) is 0 Å². The van der Waals surface area contributed by atoms with E-state index in [1.54, 1.807) is 14.2 Å². The summed E-state index contributed by atoms with van der Waals surface area (Å²) in [5.41, 5.74) is 5.07. The maximum Gasteiger partial charge on any atom is 0.340 e. The molecule has 5 rings (SSSR count). The van der Waals surface area contributed by atoms with Crippen molar-refractivity contribution in [3.63, 3.8) is 0 Å². The minimum atomic E-state index is -0.286. The number of nitrogens with one attached hydrogen (secondary N) is 1. The highest BCUT2D eigenvalue weighted by Gasteiger charge is 2.26. The molecule has 1 unspecified atom stereocenters. The molecule has 174 valence electrons. The van der Waals surface area contributed by atoms with Crippen molar-refractivity contribution < 1.29 is 23.5 Å². The summed E-state index contributed by atoms with van der Waals surface area (Å²) in [6.07, 6.45) is 0.549. The quantitative estimate of drug-likeness (QED) is 0.447. The third kappa shape index (κ3) is 4.13. The molecule has 0 amide bonds. The van der Waals surface area contributed by atoms with Crippen molar-refractivity contribution in [2.75, 3.05) is 21.0 Å². The van der Waals surface area contributed by atoms with Gasteiger partial charge in [-0.3, -0.25) is 4.90 Å². The highest BCUT2D eigenvalue weighted by atomic mass is 16.5. The Morgan fingerprint density at radius 1 is 1.00 bits per heavy atom. The molecule has 1 aliphatic heterocycles. The molecule has 0 radical (unpaired) electrons. The molecule has 0 saturated carbocycles. The van der Waals surface area contributed by atoms with E-state index in [0.29, 0.717) is 37.4 Å². The Hall–Kier alpha value is -3.77. The zero-order valence-corrected chi connectivity index (χ0v) is 19.6.